The number of fused-ring (bicyclic) bond motifs is 3. The number of benzene rings is 1. The largest absolute Gasteiger partial charge is 0.488 e. The van der Waals surface area contributed by atoms with Gasteiger partial charge in [-0.25, -0.2) is 13.9 Å². The fraction of sp³-hybridized carbons (Fsp3) is 0.400. The molecule has 0 saturated heterocycles. The quantitative estimate of drug-likeness (QED) is 0.554. The van der Waals surface area contributed by atoms with Crippen molar-refractivity contribution in [2.24, 2.45) is 0 Å². The van der Waals surface area contributed by atoms with Crippen molar-refractivity contribution in [2.75, 3.05) is 5.32 Å². The number of nitrogens with one attached hydrogen (secondary N) is 2. The molecule has 2 aliphatic rings. The second-order valence-electron chi connectivity index (χ2n) is 7.49. The monoisotopic (exact) mass is 383 g/mol. The van der Waals surface area contributed by atoms with Crippen molar-refractivity contribution in [1.29, 1.82) is 0 Å². The maximum Gasteiger partial charge on any atom is 0.164 e. The molecule has 0 spiro atoms. The molecule has 4 atom stereocenters. The van der Waals surface area contributed by atoms with Crippen LogP contribution in [0.5, 0.6) is 5.75 Å². The molecule has 1 aliphatic carbocycles. The van der Waals surface area contributed by atoms with Gasteiger partial charge in [0.15, 0.2) is 5.65 Å². The Bertz CT molecular complexity index is 1020. The summed E-state index contributed by atoms with van der Waals surface area (Å²) in [5.74, 6) is 0.958. The molecule has 1 saturated carbocycles. The normalized spacial score (nSPS) is 27.1. The summed E-state index contributed by atoms with van der Waals surface area (Å²) in [7, 11) is 0. The van der Waals surface area contributed by atoms with E-state index in [1.165, 1.54) is 12.1 Å². The predicted molar refractivity (Wildman–Crippen MR) is 102 cm³/mol. The van der Waals surface area contributed by atoms with Crippen molar-refractivity contribution in [3.05, 3.63) is 53.6 Å². The maximum absolute atomic E-state index is 14.0. The summed E-state index contributed by atoms with van der Waals surface area (Å²) in [4.78, 5) is 4.62. The highest BCUT2D eigenvalue weighted by molar-refractivity contribution is 5.53. The standard InChI is InChI=1S/C20H22FN5O2/c1-11-13-9-12(21)5-6-16(13)28-17-4-2-3-15(17)24-20(27)14-10-22-26-8-7-18(23-11)25-19(14)26/h5-11,15,17,20,24,27H,2-4H2,1H3,(H,23,25)/t11-,15+,17-,20?/m1/s1. The van der Waals surface area contributed by atoms with E-state index in [-0.39, 0.29) is 24.0 Å². The second kappa shape index (κ2) is 6.72. The number of hydrogen-bond acceptors (Lipinski definition) is 6. The van der Waals surface area contributed by atoms with Gasteiger partial charge in [-0.05, 0) is 50.5 Å². The van der Waals surface area contributed by atoms with Gasteiger partial charge in [-0.15, -0.1) is 0 Å². The SMILES string of the molecule is C[C@H]1Nc2ccn3ncc(c3n2)C(O)N[C@H]2CCC[C@H]2Oc2ccc(F)cc21. The first-order valence-electron chi connectivity index (χ1n) is 9.59. The number of anilines is 1. The number of ether oxygens (including phenoxy) is 1. The lowest BCUT2D eigenvalue weighted by molar-refractivity contribution is 0.0889. The van der Waals surface area contributed by atoms with E-state index in [4.69, 9.17) is 4.74 Å². The van der Waals surface area contributed by atoms with Gasteiger partial charge in [-0.2, -0.15) is 5.10 Å². The van der Waals surface area contributed by atoms with E-state index in [1.807, 2.05) is 6.92 Å². The fourth-order valence-electron chi connectivity index (χ4n) is 4.14. The minimum absolute atomic E-state index is 0.0185. The van der Waals surface area contributed by atoms with Gasteiger partial charge in [0.1, 0.15) is 29.7 Å². The molecule has 8 heteroatoms. The van der Waals surface area contributed by atoms with E-state index in [0.29, 0.717) is 22.8 Å². The lowest BCUT2D eigenvalue weighted by Crippen LogP contribution is -2.41. The van der Waals surface area contributed by atoms with Gasteiger partial charge in [0, 0.05) is 17.8 Å². The molecule has 3 N–H and O–H groups in total. The third kappa shape index (κ3) is 2.98. The van der Waals surface area contributed by atoms with E-state index in [2.05, 4.69) is 20.7 Å². The first kappa shape index (κ1) is 17.4. The van der Waals surface area contributed by atoms with Crippen LogP contribution in [0.3, 0.4) is 0 Å². The Balaban J connectivity index is 1.63. The summed E-state index contributed by atoms with van der Waals surface area (Å²) in [6, 6.07) is 6.16. The van der Waals surface area contributed by atoms with Gasteiger partial charge in [-0.1, -0.05) is 0 Å². The highest BCUT2D eigenvalue weighted by Crippen LogP contribution is 2.33. The molecule has 1 aliphatic heterocycles. The third-order valence-electron chi connectivity index (χ3n) is 5.60. The van der Waals surface area contributed by atoms with Crippen LogP contribution in [0.2, 0.25) is 0 Å². The molecule has 146 valence electrons. The Morgan fingerprint density at radius 3 is 3.04 bits per heavy atom. The minimum atomic E-state index is -0.902. The van der Waals surface area contributed by atoms with Crippen molar-refractivity contribution in [3.8, 4) is 5.75 Å². The predicted octanol–water partition coefficient (Wildman–Crippen LogP) is 2.94. The first-order valence-corrected chi connectivity index (χ1v) is 9.59. The first-order chi connectivity index (χ1) is 13.6. The molecule has 3 aromatic rings. The van der Waals surface area contributed by atoms with Crippen LogP contribution in [0.25, 0.3) is 5.65 Å². The van der Waals surface area contributed by atoms with Crippen LogP contribution >= 0.6 is 0 Å². The summed E-state index contributed by atoms with van der Waals surface area (Å²) >= 11 is 0. The smallest absolute Gasteiger partial charge is 0.164 e. The van der Waals surface area contributed by atoms with Crippen LogP contribution in [0.15, 0.2) is 36.7 Å². The Morgan fingerprint density at radius 1 is 1.25 bits per heavy atom. The Morgan fingerprint density at radius 2 is 2.14 bits per heavy atom. The van der Waals surface area contributed by atoms with Crippen LogP contribution < -0.4 is 15.4 Å². The number of nitrogens with zero attached hydrogens (tertiary/aromatic N) is 3. The van der Waals surface area contributed by atoms with Crippen molar-refractivity contribution in [1.82, 2.24) is 19.9 Å². The summed E-state index contributed by atoms with van der Waals surface area (Å²) < 4.78 is 21.9. The fourth-order valence-corrected chi connectivity index (χ4v) is 4.14. The zero-order valence-corrected chi connectivity index (χ0v) is 15.5. The van der Waals surface area contributed by atoms with E-state index in [9.17, 15) is 9.50 Å². The molecular weight excluding hydrogens is 361 g/mol. The zero-order valence-electron chi connectivity index (χ0n) is 15.5. The zero-order chi connectivity index (χ0) is 19.3. The number of aliphatic hydroxyl groups excluding tert-OH is 1. The highest BCUT2D eigenvalue weighted by Gasteiger charge is 2.32. The topological polar surface area (TPSA) is 83.7 Å². The van der Waals surface area contributed by atoms with Gasteiger partial charge in [0.05, 0.1) is 17.8 Å². The number of aromatic nitrogens is 3. The number of hydrogen-bond donors (Lipinski definition) is 3. The highest BCUT2D eigenvalue weighted by atomic mass is 19.1. The molecule has 0 radical (unpaired) electrons. The minimum Gasteiger partial charge on any atom is -0.488 e. The van der Waals surface area contributed by atoms with Crippen LogP contribution in [-0.2, 0) is 0 Å². The van der Waals surface area contributed by atoms with Crippen LogP contribution in [0.1, 0.15) is 49.6 Å². The molecule has 2 aromatic heterocycles. The molecule has 2 bridgehead atoms. The molecule has 1 aromatic carbocycles. The van der Waals surface area contributed by atoms with Gasteiger partial charge in [0.25, 0.3) is 0 Å². The van der Waals surface area contributed by atoms with E-state index < -0.39 is 6.23 Å². The Labute approximate surface area is 161 Å². The molecule has 1 fully saturated rings. The molecule has 28 heavy (non-hydrogen) atoms. The third-order valence-corrected chi connectivity index (χ3v) is 5.60. The van der Waals surface area contributed by atoms with E-state index in [1.54, 1.807) is 29.0 Å². The van der Waals surface area contributed by atoms with Gasteiger partial charge in [-0.3, -0.25) is 5.32 Å². The van der Waals surface area contributed by atoms with Crippen molar-refractivity contribution >= 4 is 11.5 Å². The maximum atomic E-state index is 14.0. The summed E-state index contributed by atoms with van der Waals surface area (Å²) in [5.41, 5.74) is 1.93. The van der Waals surface area contributed by atoms with Crippen molar-refractivity contribution in [2.45, 2.75) is 50.6 Å². The average Bonchev–Trinajstić information content (AvgIpc) is 3.29. The molecule has 5 rings (SSSR count). The summed E-state index contributed by atoms with van der Waals surface area (Å²) in [5, 5.41) is 21.6. The number of rotatable bonds is 0. The molecule has 0 amide bonds. The Hall–Kier alpha value is -2.71. The van der Waals surface area contributed by atoms with Gasteiger partial charge >= 0.3 is 0 Å². The molecule has 3 heterocycles. The number of halogens is 1. The second-order valence-corrected chi connectivity index (χ2v) is 7.49. The lowest BCUT2D eigenvalue weighted by atomic mass is 10.1. The van der Waals surface area contributed by atoms with Crippen molar-refractivity contribution < 1.29 is 14.2 Å². The lowest BCUT2D eigenvalue weighted by Gasteiger charge is -2.26. The summed E-state index contributed by atoms with van der Waals surface area (Å²) in [6.07, 6.45) is 5.17. The van der Waals surface area contributed by atoms with E-state index in [0.717, 1.165) is 24.8 Å². The van der Waals surface area contributed by atoms with Crippen LogP contribution in [0.4, 0.5) is 10.2 Å². The van der Waals surface area contributed by atoms with Gasteiger partial charge < -0.3 is 15.2 Å². The van der Waals surface area contributed by atoms with Crippen LogP contribution in [0, 0.1) is 5.82 Å². The molecular formula is C20H22FN5O2. The number of aliphatic hydroxyl groups is 1. The molecule has 1 unspecified atom stereocenters. The van der Waals surface area contributed by atoms with Crippen LogP contribution in [-0.4, -0.2) is 31.9 Å². The summed E-state index contributed by atoms with van der Waals surface area (Å²) in [6.45, 7) is 1.95. The van der Waals surface area contributed by atoms with Gasteiger partial charge in [0.2, 0.25) is 0 Å². The van der Waals surface area contributed by atoms with Crippen molar-refractivity contribution in [3.63, 3.8) is 0 Å². The molecule has 7 nitrogen and oxygen atoms in total. The Kier molecular flexibility index (Phi) is 4.17. The average molecular weight is 383 g/mol. The van der Waals surface area contributed by atoms with E-state index >= 15 is 0 Å².